The summed E-state index contributed by atoms with van der Waals surface area (Å²) in [5.41, 5.74) is 1.55. The third-order valence-electron chi connectivity index (χ3n) is 3.42. The third kappa shape index (κ3) is 3.04. The highest BCUT2D eigenvalue weighted by atomic mass is 32.1. The molecule has 3 rings (SSSR count). The van der Waals surface area contributed by atoms with Crippen LogP contribution in [0, 0.1) is 0 Å². The minimum absolute atomic E-state index is 1.04. The predicted molar refractivity (Wildman–Crippen MR) is 82.1 cm³/mol. The Labute approximate surface area is 122 Å². The average molecular weight is 293 g/mol. The summed E-state index contributed by atoms with van der Waals surface area (Å²) in [7, 11) is 0. The molecule has 2 aromatic heterocycles. The number of hydrogen-bond acceptors (Lipinski definition) is 5. The fourth-order valence-corrected chi connectivity index (χ4v) is 4.61. The highest BCUT2D eigenvalue weighted by Crippen LogP contribution is 2.37. The van der Waals surface area contributed by atoms with Crippen LogP contribution in [0.25, 0.3) is 9.88 Å². The van der Waals surface area contributed by atoms with Crippen LogP contribution in [0.15, 0.2) is 6.07 Å². The second-order valence-corrected chi connectivity index (χ2v) is 7.07. The molecular weight excluding hydrogens is 274 g/mol. The van der Waals surface area contributed by atoms with Gasteiger partial charge < -0.3 is 5.32 Å². The largest absolute Gasteiger partial charge is 0.317 e. The molecule has 0 saturated carbocycles. The van der Waals surface area contributed by atoms with Crippen molar-refractivity contribution in [2.24, 2.45) is 0 Å². The molecule has 0 bridgehead atoms. The molecule has 0 spiro atoms. The van der Waals surface area contributed by atoms with Crippen molar-refractivity contribution in [3.8, 4) is 9.88 Å². The van der Waals surface area contributed by atoms with E-state index >= 15 is 0 Å². The Morgan fingerprint density at radius 2 is 2.21 bits per heavy atom. The molecule has 0 aliphatic heterocycles. The lowest BCUT2D eigenvalue weighted by atomic mass is 10.2. The van der Waals surface area contributed by atoms with E-state index in [9.17, 15) is 0 Å². The minimum Gasteiger partial charge on any atom is -0.317 e. The minimum atomic E-state index is 1.04. The van der Waals surface area contributed by atoms with E-state index in [0.29, 0.717) is 0 Å². The Bertz CT molecular complexity index is 523. The molecule has 0 amide bonds. The van der Waals surface area contributed by atoms with Gasteiger partial charge in [-0.1, -0.05) is 18.3 Å². The van der Waals surface area contributed by atoms with Crippen molar-refractivity contribution < 1.29 is 0 Å². The van der Waals surface area contributed by atoms with Crippen LogP contribution >= 0.6 is 22.7 Å². The second-order valence-electron chi connectivity index (χ2n) is 4.87. The summed E-state index contributed by atoms with van der Waals surface area (Å²) < 4.78 is 0. The van der Waals surface area contributed by atoms with Gasteiger partial charge in [0.15, 0.2) is 5.01 Å². The molecular formula is C14H19N3S2. The summed E-state index contributed by atoms with van der Waals surface area (Å²) in [6, 6.07) is 2.33. The normalized spacial score (nSPS) is 13.9. The topological polar surface area (TPSA) is 37.8 Å². The molecule has 1 aliphatic carbocycles. The Morgan fingerprint density at radius 1 is 1.26 bits per heavy atom. The SMILES string of the molecule is CCNCCCc1nnc(-c2cc3c(s2)CCC3)s1. The van der Waals surface area contributed by atoms with Crippen molar-refractivity contribution in [2.75, 3.05) is 13.1 Å². The van der Waals surface area contributed by atoms with E-state index in [1.54, 1.807) is 21.8 Å². The highest BCUT2D eigenvalue weighted by molar-refractivity contribution is 7.21. The summed E-state index contributed by atoms with van der Waals surface area (Å²) in [5.74, 6) is 0. The van der Waals surface area contributed by atoms with E-state index in [1.807, 2.05) is 11.3 Å². The van der Waals surface area contributed by atoms with Crippen LogP contribution in [-0.4, -0.2) is 23.3 Å². The number of aryl methyl sites for hydroxylation is 3. The van der Waals surface area contributed by atoms with Gasteiger partial charge in [0.05, 0.1) is 4.88 Å². The summed E-state index contributed by atoms with van der Waals surface area (Å²) >= 11 is 3.68. The molecule has 19 heavy (non-hydrogen) atoms. The first-order chi connectivity index (χ1) is 9.36. The fraction of sp³-hybridized carbons (Fsp3) is 0.571. The first kappa shape index (κ1) is 13.2. The van der Waals surface area contributed by atoms with Gasteiger partial charge in [-0.25, -0.2) is 0 Å². The predicted octanol–water partition coefficient (Wildman–Crippen LogP) is 3.30. The number of nitrogens with one attached hydrogen (secondary N) is 1. The number of aromatic nitrogens is 2. The molecule has 1 aliphatic rings. The van der Waals surface area contributed by atoms with Crippen LogP contribution in [-0.2, 0) is 19.3 Å². The maximum Gasteiger partial charge on any atom is 0.157 e. The standard InChI is InChI=1S/C14H19N3S2/c1-2-15-8-4-7-13-16-17-14(19-13)12-9-10-5-3-6-11(10)18-12/h9,15H,2-8H2,1H3. The molecule has 2 heterocycles. The molecule has 0 atom stereocenters. The van der Waals surface area contributed by atoms with Gasteiger partial charge in [0.2, 0.25) is 0 Å². The number of rotatable bonds is 6. The monoisotopic (exact) mass is 293 g/mol. The zero-order valence-corrected chi connectivity index (χ0v) is 12.9. The maximum absolute atomic E-state index is 4.36. The zero-order valence-electron chi connectivity index (χ0n) is 11.2. The quantitative estimate of drug-likeness (QED) is 0.830. The lowest BCUT2D eigenvalue weighted by molar-refractivity contribution is 0.669. The van der Waals surface area contributed by atoms with E-state index in [-0.39, 0.29) is 0 Å². The number of nitrogens with zero attached hydrogens (tertiary/aromatic N) is 2. The maximum atomic E-state index is 4.36. The molecule has 1 N–H and O–H groups in total. The van der Waals surface area contributed by atoms with Crippen molar-refractivity contribution in [1.29, 1.82) is 0 Å². The van der Waals surface area contributed by atoms with Crippen molar-refractivity contribution in [2.45, 2.75) is 39.0 Å². The van der Waals surface area contributed by atoms with Crippen LogP contribution in [0.3, 0.4) is 0 Å². The summed E-state index contributed by atoms with van der Waals surface area (Å²) in [6.07, 6.45) is 6.01. The van der Waals surface area contributed by atoms with Crippen molar-refractivity contribution in [3.05, 3.63) is 21.5 Å². The average Bonchev–Trinajstić information content (AvgIpc) is 3.08. The fourth-order valence-electron chi connectivity index (χ4n) is 2.43. The van der Waals surface area contributed by atoms with Crippen LogP contribution in [0.2, 0.25) is 0 Å². The van der Waals surface area contributed by atoms with E-state index in [2.05, 4.69) is 28.5 Å². The van der Waals surface area contributed by atoms with E-state index in [1.165, 1.54) is 29.1 Å². The summed E-state index contributed by atoms with van der Waals surface area (Å²) in [5, 5.41) is 14.3. The van der Waals surface area contributed by atoms with Crippen LogP contribution < -0.4 is 5.32 Å². The van der Waals surface area contributed by atoms with Crippen LogP contribution in [0.4, 0.5) is 0 Å². The van der Waals surface area contributed by atoms with E-state index in [4.69, 9.17) is 0 Å². The molecule has 5 heteroatoms. The van der Waals surface area contributed by atoms with Crippen molar-refractivity contribution in [1.82, 2.24) is 15.5 Å². The molecule has 2 aromatic rings. The molecule has 0 fully saturated rings. The Balaban J connectivity index is 1.63. The van der Waals surface area contributed by atoms with Crippen molar-refractivity contribution >= 4 is 22.7 Å². The van der Waals surface area contributed by atoms with Gasteiger partial charge in [0.1, 0.15) is 5.01 Å². The lowest BCUT2D eigenvalue weighted by Crippen LogP contribution is -2.14. The lowest BCUT2D eigenvalue weighted by Gasteiger charge is -1.97. The molecule has 0 aromatic carbocycles. The third-order valence-corrected chi connectivity index (χ3v) is 5.81. The van der Waals surface area contributed by atoms with Crippen LogP contribution in [0.1, 0.15) is 35.2 Å². The van der Waals surface area contributed by atoms with Gasteiger partial charge in [0, 0.05) is 11.3 Å². The highest BCUT2D eigenvalue weighted by Gasteiger charge is 2.17. The first-order valence-electron chi connectivity index (χ1n) is 7.02. The Kier molecular flexibility index (Phi) is 4.25. The van der Waals surface area contributed by atoms with Gasteiger partial charge in [-0.2, -0.15) is 0 Å². The van der Waals surface area contributed by atoms with E-state index in [0.717, 1.165) is 30.9 Å². The number of fused-ring (bicyclic) bond motifs is 1. The van der Waals surface area contributed by atoms with Gasteiger partial charge in [0.25, 0.3) is 0 Å². The molecule has 0 unspecified atom stereocenters. The molecule has 0 saturated heterocycles. The van der Waals surface area contributed by atoms with Gasteiger partial charge >= 0.3 is 0 Å². The molecule has 102 valence electrons. The smallest absolute Gasteiger partial charge is 0.157 e. The summed E-state index contributed by atoms with van der Waals surface area (Å²) in [6.45, 7) is 4.25. The van der Waals surface area contributed by atoms with Crippen LogP contribution in [0.5, 0.6) is 0 Å². The van der Waals surface area contributed by atoms with E-state index < -0.39 is 0 Å². The van der Waals surface area contributed by atoms with Gasteiger partial charge in [-0.05, 0) is 50.4 Å². The Morgan fingerprint density at radius 3 is 3.05 bits per heavy atom. The summed E-state index contributed by atoms with van der Waals surface area (Å²) in [4.78, 5) is 2.89. The number of hydrogen-bond donors (Lipinski definition) is 1. The zero-order chi connectivity index (χ0) is 13.1. The van der Waals surface area contributed by atoms with Gasteiger partial charge in [-0.3, -0.25) is 0 Å². The van der Waals surface area contributed by atoms with Crippen molar-refractivity contribution in [3.63, 3.8) is 0 Å². The number of thiophene rings is 1. The first-order valence-corrected chi connectivity index (χ1v) is 8.65. The molecule has 3 nitrogen and oxygen atoms in total. The Hall–Kier alpha value is -0.780. The van der Waals surface area contributed by atoms with Gasteiger partial charge in [-0.15, -0.1) is 21.5 Å². The molecule has 0 radical (unpaired) electrons. The second kappa shape index (κ2) is 6.11.